The third kappa shape index (κ3) is 1.81. The minimum Gasteiger partial charge on any atom is -0.476 e. The minimum absolute atomic E-state index is 0.388. The standard InChI is InChI=1S/C12H14N2O3/c15-12(16)14-6-5-11(13-14)17-7-10-8-1-2-9(10)4-3-8/h1-2,5-6,8-10H,3-4,7H2,(H,15,16). The zero-order valence-corrected chi connectivity index (χ0v) is 9.32. The molecule has 0 saturated heterocycles. The molecular formula is C12H14N2O3. The summed E-state index contributed by atoms with van der Waals surface area (Å²) >= 11 is 0. The van der Waals surface area contributed by atoms with E-state index < -0.39 is 6.09 Å². The first-order chi connectivity index (χ1) is 8.24. The monoisotopic (exact) mass is 234 g/mol. The lowest BCUT2D eigenvalue weighted by Gasteiger charge is -2.15. The van der Waals surface area contributed by atoms with Gasteiger partial charge in [0.2, 0.25) is 5.88 Å². The highest BCUT2D eigenvalue weighted by atomic mass is 16.5. The van der Waals surface area contributed by atoms with Gasteiger partial charge in [0.15, 0.2) is 0 Å². The second kappa shape index (κ2) is 3.91. The lowest BCUT2D eigenvalue weighted by molar-refractivity contribution is 0.188. The number of hydrogen-bond donors (Lipinski definition) is 1. The Labute approximate surface area is 98.7 Å². The predicted molar refractivity (Wildman–Crippen MR) is 60.0 cm³/mol. The number of ether oxygens (including phenoxy) is 1. The summed E-state index contributed by atoms with van der Waals surface area (Å²) in [5.41, 5.74) is 0. The van der Waals surface area contributed by atoms with Crippen LogP contribution in [0.2, 0.25) is 0 Å². The van der Waals surface area contributed by atoms with E-state index in [1.807, 2.05) is 0 Å². The lowest BCUT2D eigenvalue weighted by atomic mass is 9.98. The van der Waals surface area contributed by atoms with Crippen molar-refractivity contribution in [2.24, 2.45) is 17.8 Å². The molecule has 90 valence electrons. The zero-order chi connectivity index (χ0) is 11.8. The molecule has 5 heteroatoms. The number of carboxylic acid groups (broad SMARTS) is 1. The van der Waals surface area contributed by atoms with Gasteiger partial charge in [0, 0.05) is 18.2 Å². The minimum atomic E-state index is -1.09. The highest BCUT2D eigenvalue weighted by molar-refractivity contribution is 5.66. The maximum absolute atomic E-state index is 10.6. The number of fused-ring (bicyclic) bond motifs is 2. The Balaban J connectivity index is 1.59. The van der Waals surface area contributed by atoms with Crippen LogP contribution >= 0.6 is 0 Å². The molecule has 2 atom stereocenters. The molecule has 17 heavy (non-hydrogen) atoms. The van der Waals surface area contributed by atoms with Crippen LogP contribution in [0.3, 0.4) is 0 Å². The average molecular weight is 234 g/mol. The van der Waals surface area contributed by atoms with Gasteiger partial charge in [0.25, 0.3) is 0 Å². The average Bonchev–Trinajstić information content (AvgIpc) is 3.01. The van der Waals surface area contributed by atoms with E-state index in [0.717, 1.165) is 4.68 Å². The molecule has 1 aromatic rings. The summed E-state index contributed by atoms with van der Waals surface area (Å²) in [6.07, 6.45) is 7.34. The summed E-state index contributed by atoms with van der Waals surface area (Å²) < 4.78 is 6.42. The van der Waals surface area contributed by atoms with Crippen LogP contribution in [-0.2, 0) is 0 Å². The summed E-state index contributed by atoms with van der Waals surface area (Å²) in [6.45, 7) is 0.624. The van der Waals surface area contributed by atoms with Crippen LogP contribution in [0.15, 0.2) is 24.4 Å². The molecular weight excluding hydrogens is 220 g/mol. The van der Waals surface area contributed by atoms with Gasteiger partial charge in [-0.2, -0.15) is 4.68 Å². The number of aromatic nitrogens is 2. The fraction of sp³-hybridized carbons (Fsp3) is 0.500. The van der Waals surface area contributed by atoms with Gasteiger partial charge in [-0.3, -0.25) is 0 Å². The third-order valence-electron chi connectivity index (χ3n) is 3.72. The van der Waals surface area contributed by atoms with Crippen molar-refractivity contribution < 1.29 is 14.6 Å². The van der Waals surface area contributed by atoms with Crippen LogP contribution in [0, 0.1) is 17.8 Å². The normalized spacial score (nSPS) is 29.8. The second-order valence-corrected chi connectivity index (χ2v) is 4.65. The van der Waals surface area contributed by atoms with Crippen LogP contribution in [0.4, 0.5) is 4.79 Å². The molecule has 2 bridgehead atoms. The third-order valence-corrected chi connectivity index (χ3v) is 3.72. The van der Waals surface area contributed by atoms with Gasteiger partial charge >= 0.3 is 6.09 Å². The van der Waals surface area contributed by atoms with Crippen LogP contribution in [0.25, 0.3) is 0 Å². The van der Waals surface area contributed by atoms with Crippen LogP contribution in [0.5, 0.6) is 5.88 Å². The van der Waals surface area contributed by atoms with Crippen molar-refractivity contribution in [3.8, 4) is 5.88 Å². The molecule has 2 unspecified atom stereocenters. The molecule has 1 fully saturated rings. The molecule has 0 aromatic carbocycles. The first kappa shape index (κ1) is 10.4. The van der Waals surface area contributed by atoms with Crippen molar-refractivity contribution in [2.75, 3.05) is 6.61 Å². The molecule has 0 spiro atoms. The number of hydrogen-bond acceptors (Lipinski definition) is 3. The van der Waals surface area contributed by atoms with Crippen molar-refractivity contribution in [1.29, 1.82) is 0 Å². The number of allylic oxidation sites excluding steroid dienone is 2. The largest absolute Gasteiger partial charge is 0.476 e. The Kier molecular flexibility index (Phi) is 2.39. The van der Waals surface area contributed by atoms with E-state index in [1.54, 1.807) is 6.07 Å². The van der Waals surface area contributed by atoms with Crippen molar-refractivity contribution in [2.45, 2.75) is 12.8 Å². The van der Waals surface area contributed by atoms with Crippen LogP contribution in [-0.4, -0.2) is 27.6 Å². The molecule has 5 nitrogen and oxygen atoms in total. The molecule has 1 saturated carbocycles. The Morgan fingerprint density at radius 2 is 2.18 bits per heavy atom. The van der Waals surface area contributed by atoms with Crippen molar-refractivity contribution >= 4 is 6.09 Å². The van der Waals surface area contributed by atoms with E-state index in [1.165, 1.54) is 19.0 Å². The first-order valence-electron chi connectivity index (χ1n) is 5.84. The topological polar surface area (TPSA) is 64.3 Å². The van der Waals surface area contributed by atoms with Gasteiger partial charge in [-0.25, -0.2) is 4.79 Å². The highest BCUT2D eigenvalue weighted by Crippen LogP contribution is 2.44. The molecule has 0 radical (unpaired) electrons. The molecule has 1 N–H and O–H groups in total. The first-order valence-corrected chi connectivity index (χ1v) is 5.84. The van der Waals surface area contributed by atoms with Gasteiger partial charge in [-0.05, 0) is 24.7 Å². The number of nitrogens with zero attached hydrogens (tertiary/aromatic N) is 2. The highest BCUT2D eigenvalue weighted by Gasteiger charge is 2.37. The Morgan fingerprint density at radius 3 is 2.71 bits per heavy atom. The Bertz CT molecular complexity index is 452. The molecule has 1 aromatic heterocycles. The van der Waals surface area contributed by atoms with E-state index in [2.05, 4.69) is 17.3 Å². The summed E-state index contributed by atoms with van der Waals surface area (Å²) in [5, 5.41) is 12.5. The molecule has 1 heterocycles. The van der Waals surface area contributed by atoms with E-state index in [-0.39, 0.29) is 0 Å². The van der Waals surface area contributed by atoms with Crippen molar-refractivity contribution in [1.82, 2.24) is 9.78 Å². The quantitative estimate of drug-likeness (QED) is 0.812. The number of rotatable bonds is 3. The lowest BCUT2D eigenvalue weighted by Crippen LogP contribution is -2.17. The Hall–Kier alpha value is -1.78. The molecule has 0 aliphatic heterocycles. The zero-order valence-electron chi connectivity index (χ0n) is 9.32. The van der Waals surface area contributed by atoms with Crippen molar-refractivity contribution in [3.05, 3.63) is 24.4 Å². The van der Waals surface area contributed by atoms with Crippen LogP contribution in [0.1, 0.15) is 12.8 Å². The summed E-state index contributed by atoms with van der Waals surface area (Å²) in [6, 6.07) is 1.58. The second-order valence-electron chi connectivity index (χ2n) is 4.65. The van der Waals surface area contributed by atoms with E-state index in [9.17, 15) is 4.79 Å². The summed E-state index contributed by atoms with van der Waals surface area (Å²) in [7, 11) is 0. The fourth-order valence-electron chi connectivity index (χ4n) is 2.81. The molecule has 2 aliphatic rings. The van der Waals surface area contributed by atoms with Gasteiger partial charge < -0.3 is 9.84 Å². The maximum Gasteiger partial charge on any atom is 0.432 e. The summed E-state index contributed by atoms with van der Waals surface area (Å²) in [5.74, 6) is 2.21. The fourth-order valence-corrected chi connectivity index (χ4v) is 2.81. The molecule has 2 aliphatic carbocycles. The van der Waals surface area contributed by atoms with E-state index >= 15 is 0 Å². The van der Waals surface area contributed by atoms with Crippen LogP contribution < -0.4 is 4.74 Å². The van der Waals surface area contributed by atoms with Gasteiger partial charge in [-0.15, -0.1) is 5.10 Å². The molecule has 0 amide bonds. The van der Waals surface area contributed by atoms with E-state index in [4.69, 9.17) is 9.84 Å². The molecule has 3 rings (SSSR count). The van der Waals surface area contributed by atoms with Gasteiger partial charge in [0.1, 0.15) is 0 Å². The number of carbonyl (C=O) groups is 1. The van der Waals surface area contributed by atoms with Crippen molar-refractivity contribution in [3.63, 3.8) is 0 Å². The van der Waals surface area contributed by atoms with E-state index in [0.29, 0.717) is 30.2 Å². The summed E-state index contributed by atoms with van der Waals surface area (Å²) in [4.78, 5) is 10.6. The predicted octanol–water partition coefficient (Wildman–Crippen LogP) is 2.00. The smallest absolute Gasteiger partial charge is 0.432 e. The van der Waals surface area contributed by atoms with Gasteiger partial charge in [0.05, 0.1) is 6.61 Å². The SMILES string of the molecule is O=C(O)n1ccc(OCC2C3C=CC2CC3)n1. The Morgan fingerprint density at radius 1 is 1.47 bits per heavy atom. The van der Waals surface area contributed by atoms with Gasteiger partial charge in [-0.1, -0.05) is 12.2 Å². The maximum atomic E-state index is 10.6.